The normalized spacial score (nSPS) is 17.2. The third-order valence-corrected chi connectivity index (χ3v) is 3.12. The second-order valence-corrected chi connectivity index (χ2v) is 4.25. The second-order valence-electron chi connectivity index (χ2n) is 4.25. The molecule has 3 heteroatoms. The number of halogens is 2. The van der Waals surface area contributed by atoms with Crippen LogP contribution in [-0.4, -0.2) is 0 Å². The highest BCUT2D eigenvalue weighted by Gasteiger charge is 2.28. The Labute approximate surface area is 89.3 Å². The van der Waals surface area contributed by atoms with Crippen LogP contribution in [0, 0.1) is 17.6 Å². The lowest BCUT2D eigenvalue weighted by atomic mass is 9.80. The van der Waals surface area contributed by atoms with Crippen molar-refractivity contribution in [2.24, 2.45) is 11.7 Å². The summed E-state index contributed by atoms with van der Waals surface area (Å²) in [6.07, 6.45) is 0.866. The third-order valence-electron chi connectivity index (χ3n) is 3.12. The number of rotatable bonds is 3. The SMILES string of the molecule is CCC(C)C(C)(N)c1cc(F)cc(F)c1. The molecule has 0 heterocycles. The van der Waals surface area contributed by atoms with Gasteiger partial charge in [-0.1, -0.05) is 20.3 Å². The molecule has 0 aromatic heterocycles. The van der Waals surface area contributed by atoms with Crippen molar-refractivity contribution in [2.75, 3.05) is 0 Å². The highest BCUT2D eigenvalue weighted by atomic mass is 19.1. The zero-order chi connectivity index (χ0) is 11.6. The summed E-state index contributed by atoms with van der Waals surface area (Å²) in [5, 5.41) is 0. The van der Waals surface area contributed by atoms with Crippen molar-refractivity contribution >= 4 is 0 Å². The largest absolute Gasteiger partial charge is 0.321 e. The molecule has 0 spiro atoms. The van der Waals surface area contributed by atoms with Crippen molar-refractivity contribution in [3.05, 3.63) is 35.4 Å². The summed E-state index contributed by atoms with van der Waals surface area (Å²) in [5.41, 5.74) is 5.91. The molecule has 0 amide bonds. The molecule has 0 aliphatic rings. The molecule has 0 bridgehead atoms. The van der Waals surface area contributed by atoms with Crippen LogP contribution in [-0.2, 0) is 5.54 Å². The first kappa shape index (κ1) is 12.1. The van der Waals surface area contributed by atoms with E-state index in [2.05, 4.69) is 0 Å². The van der Waals surface area contributed by atoms with E-state index in [1.165, 1.54) is 12.1 Å². The van der Waals surface area contributed by atoms with E-state index in [0.29, 0.717) is 5.56 Å². The van der Waals surface area contributed by atoms with Crippen molar-refractivity contribution in [3.8, 4) is 0 Å². The maximum absolute atomic E-state index is 13.0. The molecule has 2 atom stereocenters. The fourth-order valence-electron chi connectivity index (χ4n) is 1.57. The van der Waals surface area contributed by atoms with Gasteiger partial charge in [-0.3, -0.25) is 0 Å². The highest BCUT2D eigenvalue weighted by Crippen LogP contribution is 2.29. The van der Waals surface area contributed by atoms with Crippen molar-refractivity contribution in [1.82, 2.24) is 0 Å². The predicted octanol–water partition coefficient (Wildman–Crippen LogP) is 3.18. The van der Waals surface area contributed by atoms with Crippen molar-refractivity contribution in [2.45, 2.75) is 32.7 Å². The molecule has 0 aliphatic carbocycles. The van der Waals surface area contributed by atoms with Crippen LogP contribution in [0.25, 0.3) is 0 Å². The molecule has 1 rings (SSSR count). The summed E-state index contributed by atoms with van der Waals surface area (Å²) in [4.78, 5) is 0. The van der Waals surface area contributed by atoms with Crippen molar-refractivity contribution in [3.63, 3.8) is 0 Å². The second kappa shape index (κ2) is 4.27. The zero-order valence-electron chi connectivity index (χ0n) is 9.35. The van der Waals surface area contributed by atoms with Crippen LogP contribution in [0.1, 0.15) is 32.8 Å². The molecule has 0 radical (unpaired) electrons. The topological polar surface area (TPSA) is 26.0 Å². The first-order valence-electron chi connectivity index (χ1n) is 5.13. The molecule has 0 saturated heterocycles. The average molecular weight is 213 g/mol. The van der Waals surface area contributed by atoms with Crippen molar-refractivity contribution in [1.29, 1.82) is 0 Å². The van der Waals surface area contributed by atoms with E-state index >= 15 is 0 Å². The van der Waals surface area contributed by atoms with Crippen molar-refractivity contribution < 1.29 is 8.78 Å². The van der Waals surface area contributed by atoms with E-state index in [0.717, 1.165) is 12.5 Å². The van der Waals surface area contributed by atoms with Gasteiger partial charge in [-0.2, -0.15) is 0 Å². The molecule has 1 aromatic rings. The number of nitrogens with two attached hydrogens (primary N) is 1. The highest BCUT2D eigenvalue weighted by molar-refractivity contribution is 5.25. The standard InChI is InChI=1S/C12H17F2N/c1-4-8(2)12(3,15)9-5-10(13)7-11(14)6-9/h5-8H,4,15H2,1-3H3. The predicted molar refractivity (Wildman–Crippen MR) is 57.4 cm³/mol. The maximum atomic E-state index is 13.0. The van der Waals surface area contributed by atoms with E-state index in [1.54, 1.807) is 6.92 Å². The van der Waals surface area contributed by atoms with Gasteiger partial charge in [0.1, 0.15) is 11.6 Å². The van der Waals surface area contributed by atoms with Crippen LogP contribution in [0.5, 0.6) is 0 Å². The Morgan fingerprint density at radius 3 is 2.13 bits per heavy atom. The molecule has 1 nitrogen and oxygen atoms in total. The number of benzene rings is 1. The van der Waals surface area contributed by atoms with Gasteiger partial charge >= 0.3 is 0 Å². The lowest BCUT2D eigenvalue weighted by molar-refractivity contribution is 0.313. The van der Waals surface area contributed by atoms with Gasteiger partial charge in [0.15, 0.2) is 0 Å². The van der Waals surface area contributed by atoms with E-state index in [1.807, 2.05) is 13.8 Å². The molecule has 1 aromatic carbocycles. The van der Waals surface area contributed by atoms with E-state index in [4.69, 9.17) is 5.73 Å². The fraction of sp³-hybridized carbons (Fsp3) is 0.500. The number of hydrogen-bond acceptors (Lipinski definition) is 1. The van der Waals surface area contributed by atoms with E-state index in [9.17, 15) is 8.78 Å². The van der Waals surface area contributed by atoms with Crippen LogP contribution >= 0.6 is 0 Å². The van der Waals surface area contributed by atoms with Gasteiger partial charge in [-0.05, 0) is 30.5 Å². The molecule has 0 aliphatic heterocycles. The van der Waals surface area contributed by atoms with Gasteiger partial charge in [-0.25, -0.2) is 8.78 Å². The number of hydrogen-bond donors (Lipinski definition) is 1. The summed E-state index contributed by atoms with van der Waals surface area (Å²) in [5.74, 6) is -0.992. The molecular formula is C12H17F2N. The van der Waals surface area contributed by atoms with Crippen LogP contribution in [0.2, 0.25) is 0 Å². The molecule has 0 saturated carbocycles. The Hall–Kier alpha value is -0.960. The zero-order valence-corrected chi connectivity index (χ0v) is 9.35. The minimum atomic E-state index is -0.697. The summed E-state index contributed by atoms with van der Waals surface area (Å²) in [6, 6.07) is 3.46. The Morgan fingerprint density at radius 2 is 1.73 bits per heavy atom. The maximum Gasteiger partial charge on any atom is 0.126 e. The Kier molecular flexibility index (Phi) is 3.45. The molecule has 15 heavy (non-hydrogen) atoms. The quantitative estimate of drug-likeness (QED) is 0.819. The average Bonchev–Trinajstić information content (AvgIpc) is 2.15. The molecule has 0 fully saturated rings. The van der Waals surface area contributed by atoms with Gasteiger partial charge in [0.2, 0.25) is 0 Å². The minimum Gasteiger partial charge on any atom is -0.321 e. The van der Waals surface area contributed by atoms with Gasteiger partial charge in [0.05, 0.1) is 0 Å². The van der Waals surface area contributed by atoms with Gasteiger partial charge in [0.25, 0.3) is 0 Å². The molecular weight excluding hydrogens is 196 g/mol. The smallest absolute Gasteiger partial charge is 0.126 e. The summed E-state index contributed by atoms with van der Waals surface area (Å²) in [7, 11) is 0. The third kappa shape index (κ3) is 2.53. The summed E-state index contributed by atoms with van der Waals surface area (Å²) < 4.78 is 26.1. The lowest BCUT2D eigenvalue weighted by Gasteiger charge is -2.31. The Bertz CT molecular complexity index is 327. The van der Waals surface area contributed by atoms with Gasteiger partial charge in [0, 0.05) is 11.6 Å². The summed E-state index contributed by atoms with van der Waals surface area (Å²) in [6.45, 7) is 5.78. The van der Waals surface area contributed by atoms with E-state index in [-0.39, 0.29) is 5.92 Å². The van der Waals surface area contributed by atoms with Crippen LogP contribution in [0.3, 0.4) is 0 Å². The van der Waals surface area contributed by atoms with Gasteiger partial charge in [-0.15, -0.1) is 0 Å². The summed E-state index contributed by atoms with van der Waals surface area (Å²) >= 11 is 0. The first-order chi connectivity index (χ1) is 6.87. The lowest BCUT2D eigenvalue weighted by Crippen LogP contribution is -2.39. The minimum absolute atomic E-state index is 0.165. The van der Waals surface area contributed by atoms with Crippen LogP contribution < -0.4 is 5.73 Å². The molecule has 2 unspecified atom stereocenters. The van der Waals surface area contributed by atoms with Crippen LogP contribution in [0.4, 0.5) is 8.78 Å². The molecule has 2 N–H and O–H groups in total. The monoisotopic (exact) mass is 213 g/mol. The van der Waals surface area contributed by atoms with Crippen LogP contribution in [0.15, 0.2) is 18.2 Å². The fourth-order valence-corrected chi connectivity index (χ4v) is 1.57. The molecule has 84 valence electrons. The van der Waals surface area contributed by atoms with E-state index < -0.39 is 17.2 Å². The first-order valence-corrected chi connectivity index (χ1v) is 5.13. The Balaban J connectivity index is 3.14. The van der Waals surface area contributed by atoms with Gasteiger partial charge < -0.3 is 5.73 Å². The Morgan fingerprint density at radius 1 is 1.27 bits per heavy atom.